The van der Waals surface area contributed by atoms with Crippen LogP contribution in [-0.2, 0) is 29.0 Å². The van der Waals surface area contributed by atoms with Crippen molar-refractivity contribution in [3.8, 4) is 5.75 Å². The molecule has 6 rings (SSSR count). The number of nitrogen functional groups attached to an aromatic ring is 1. The summed E-state index contributed by atoms with van der Waals surface area (Å²) in [6, 6.07) is 13.2. The Bertz CT molecular complexity index is 2110. The molecular weight excluding hydrogens is 684 g/mol. The van der Waals surface area contributed by atoms with Gasteiger partial charge in [-0.05, 0) is 78.2 Å². The number of carbonyl (C=O) groups is 3. The molecule has 3 atom stereocenters. The van der Waals surface area contributed by atoms with Gasteiger partial charge in [0.1, 0.15) is 11.9 Å². The molecule has 2 aliphatic rings. The molecule has 1 aliphatic carbocycles. The molecule has 0 radical (unpaired) electrons. The lowest BCUT2D eigenvalue weighted by Gasteiger charge is -2.33. The minimum Gasteiger partial charge on any atom is -0.494 e. The number of methoxy groups -OCH3 is 1. The average Bonchev–Trinajstić information content (AvgIpc) is 3.86. The number of esters is 2. The summed E-state index contributed by atoms with van der Waals surface area (Å²) in [4.78, 5) is 44.7. The summed E-state index contributed by atoms with van der Waals surface area (Å²) in [5.74, 6) is -7.24. The summed E-state index contributed by atoms with van der Waals surface area (Å²) in [6.07, 6.45) is -3.47. The van der Waals surface area contributed by atoms with Crippen LogP contribution in [0.1, 0.15) is 42.5 Å². The highest BCUT2D eigenvalue weighted by Gasteiger charge is 2.50. The molecule has 0 bridgehead atoms. The highest BCUT2D eigenvalue weighted by atomic mass is 32.2. The van der Waals surface area contributed by atoms with Crippen molar-refractivity contribution in [3.63, 3.8) is 0 Å². The van der Waals surface area contributed by atoms with Gasteiger partial charge in [0.25, 0.3) is 0 Å². The number of nitrogens with one attached hydrogen (secondary N) is 1. The summed E-state index contributed by atoms with van der Waals surface area (Å²) in [7, 11) is -2.73. The zero-order valence-corrected chi connectivity index (χ0v) is 27.1. The molecule has 262 valence electrons. The number of likely N-dealkylation sites (tertiary alicyclic amines) is 1. The van der Waals surface area contributed by atoms with Crippen molar-refractivity contribution >= 4 is 50.0 Å². The Morgan fingerprint density at radius 3 is 2.46 bits per heavy atom. The van der Waals surface area contributed by atoms with Gasteiger partial charge in [-0.25, -0.2) is 22.6 Å². The number of benzene rings is 3. The number of carbonyl (C=O) groups excluding carboxylic acids is 3. The third-order valence-electron chi connectivity index (χ3n) is 8.78. The molecule has 50 heavy (non-hydrogen) atoms. The Morgan fingerprint density at radius 2 is 1.76 bits per heavy atom. The van der Waals surface area contributed by atoms with Crippen molar-refractivity contribution in [2.45, 2.75) is 47.7 Å². The van der Waals surface area contributed by atoms with Gasteiger partial charge in [0, 0.05) is 23.8 Å². The van der Waals surface area contributed by atoms with Gasteiger partial charge in [-0.1, -0.05) is 24.3 Å². The lowest BCUT2D eigenvalue weighted by atomic mass is 9.93. The number of aromatic nitrogens is 1. The fraction of sp³-hybridized carbons (Fsp3) is 0.294. The minimum atomic E-state index is -5.48. The van der Waals surface area contributed by atoms with E-state index < -0.39 is 62.9 Å². The Labute approximate surface area is 283 Å². The maximum atomic E-state index is 14.7. The molecule has 1 saturated heterocycles. The number of nitrogens with zero attached hydrogens (tertiary/aromatic N) is 2. The monoisotopic (exact) mass is 714 g/mol. The van der Waals surface area contributed by atoms with E-state index in [9.17, 15) is 40.4 Å². The standard InChI is InChI=1S/C34H30F4N4O7S/c1-48-26-17-19(6-11-25(26)35)28(41-20-7-10-22-18(16-20)12-14-40-30(22)39)31(43)42-15-13-24(32(44)49-33(45)34(36,37)38)29(42)23-4-2-3-5-27(23)50(46,47)21-8-9-21/h2-7,10-12,14,16-17,21,24,28-29,41H,8-9,13,15H2,1H3,(H2,39,40)/t24-,28+,29-/m0/s1. The van der Waals surface area contributed by atoms with Crippen molar-refractivity contribution in [3.05, 3.63) is 89.9 Å². The molecule has 2 fully saturated rings. The zero-order chi connectivity index (χ0) is 36.0. The van der Waals surface area contributed by atoms with Crippen LogP contribution in [0.2, 0.25) is 0 Å². The number of rotatable bonds is 9. The maximum Gasteiger partial charge on any atom is 0.491 e. The number of sulfone groups is 1. The van der Waals surface area contributed by atoms with Crippen molar-refractivity contribution in [1.82, 2.24) is 9.88 Å². The number of nitrogens with two attached hydrogens (primary N) is 1. The van der Waals surface area contributed by atoms with E-state index in [1.807, 2.05) is 0 Å². The van der Waals surface area contributed by atoms with E-state index in [2.05, 4.69) is 15.0 Å². The largest absolute Gasteiger partial charge is 0.494 e. The van der Waals surface area contributed by atoms with Gasteiger partial charge < -0.3 is 25.4 Å². The molecular formula is C34H30F4N4O7S. The van der Waals surface area contributed by atoms with Crippen molar-refractivity contribution in [2.75, 3.05) is 24.7 Å². The van der Waals surface area contributed by atoms with Gasteiger partial charge in [-0.3, -0.25) is 9.59 Å². The van der Waals surface area contributed by atoms with E-state index in [-0.39, 0.29) is 40.6 Å². The second kappa shape index (κ2) is 13.2. The van der Waals surface area contributed by atoms with Crippen LogP contribution in [0.15, 0.2) is 77.8 Å². The highest BCUT2D eigenvalue weighted by Crippen LogP contribution is 2.45. The summed E-state index contributed by atoms with van der Waals surface area (Å²) < 4.78 is 90.4. The van der Waals surface area contributed by atoms with Gasteiger partial charge in [0.05, 0.1) is 29.2 Å². The van der Waals surface area contributed by atoms with Gasteiger partial charge in [0.2, 0.25) is 5.91 Å². The molecule has 3 N–H and O–H groups in total. The second-order valence-corrected chi connectivity index (χ2v) is 14.2. The van der Waals surface area contributed by atoms with Crippen molar-refractivity contribution < 1.29 is 49.8 Å². The fourth-order valence-corrected chi connectivity index (χ4v) is 8.11. The van der Waals surface area contributed by atoms with Crippen LogP contribution >= 0.6 is 0 Å². The SMILES string of the molecule is COc1cc([C@@H](Nc2ccc3c(N)nccc3c2)C(=O)N2CC[C@H](C(=O)OC(=O)C(F)(F)F)[C@@H]2c2ccccc2S(=O)(=O)C2CC2)ccc1F. The Kier molecular flexibility index (Phi) is 9.15. The predicted octanol–water partition coefficient (Wildman–Crippen LogP) is 5.28. The first-order chi connectivity index (χ1) is 23.7. The quantitative estimate of drug-likeness (QED) is 0.133. The Morgan fingerprint density at radius 1 is 1.02 bits per heavy atom. The van der Waals surface area contributed by atoms with Gasteiger partial charge in [-0.2, -0.15) is 13.2 Å². The summed E-state index contributed by atoms with van der Waals surface area (Å²) in [5.41, 5.74) is 6.59. The minimum absolute atomic E-state index is 0.0178. The Balaban J connectivity index is 1.45. The van der Waals surface area contributed by atoms with Gasteiger partial charge in [-0.15, -0.1) is 0 Å². The third-order valence-corrected chi connectivity index (χ3v) is 11.1. The lowest BCUT2D eigenvalue weighted by Crippen LogP contribution is -2.40. The summed E-state index contributed by atoms with van der Waals surface area (Å²) in [5, 5.41) is 3.72. The number of halogens is 4. The zero-order valence-electron chi connectivity index (χ0n) is 26.3. The molecule has 1 aliphatic heterocycles. The van der Waals surface area contributed by atoms with Gasteiger partial charge >= 0.3 is 18.1 Å². The molecule has 2 heterocycles. The number of fused-ring (bicyclic) bond motifs is 1. The van der Waals surface area contributed by atoms with Crippen LogP contribution in [0.3, 0.4) is 0 Å². The molecule has 0 unspecified atom stereocenters. The molecule has 1 aromatic heterocycles. The van der Waals surface area contributed by atoms with E-state index in [1.54, 1.807) is 24.3 Å². The van der Waals surface area contributed by atoms with Crippen LogP contribution in [-0.4, -0.2) is 61.2 Å². The van der Waals surface area contributed by atoms with E-state index in [4.69, 9.17) is 10.5 Å². The molecule has 1 saturated carbocycles. The van der Waals surface area contributed by atoms with Crippen LogP contribution in [0, 0.1) is 11.7 Å². The number of hydrogen-bond donors (Lipinski definition) is 2. The second-order valence-electron chi connectivity index (χ2n) is 12.0. The normalized spacial score (nSPS) is 18.5. The van der Waals surface area contributed by atoms with E-state index in [1.165, 1.54) is 54.6 Å². The smallest absolute Gasteiger partial charge is 0.491 e. The summed E-state index contributed by atoms with van der Waals surface area (Å²) in [6.45, 7) is -0.238. The Hall–Kier alpha value is -5.25. The lowest BCUT2D eigenvalue weighted by molar-refractivity contribution is -0.203. The van der Waals surface area contributed by atoms with Crippen molar-refractivity contribution in [1.29, 1.82) is 0 Å². The molecule has 0 spiro atoms. The number of ether oxygens (including phenoxy) is 2. The number of hydrogen-bond acceptors (Lipinski definition) is 10. The first-order valence-corrected chi connectivity index (χ1v) is 17.0. The topological polar surface area (TPSA) is 158 Å². The molecule has 4 aromatic rings. The third kappa shape index (κ3) is 6.66. The maximum absolute atomic E-state index is 14.7. The number of anilines is 2. The number of amides is 1. The first-order valence-electron chi connectivity index (χ1n) is 15.4. The summed E-state index contributed by atoms with van der Waals surface area (Å²) >= 11 is 0. The fourth-order valence-electron chi connectivity index (χ4n) is 6.20. The first kappa shape index (κ1) is 34.6. The van der Waals surface area contributed by atoms with Gasteiger partial charge in [0.15, 0.2) is 21.4 Å². The molecule has 16 heteroatoms. The number of alkyl halides is 3. The van der Waals surface area contributed by atoms with E-state index in [0.29, 0.717) is 29.3 Å². The van der Waals surface area contributed by atoms with E-state index in [0.717, 1.165) is 6.07 Å². The number of pyridine rings is 1. The highest BCUT2D eigenvalue weighted by molar-refractivity contribution is 7.92. The molecule has 1 amide bonds. The molecule has 11 nitrogen and oxygen atoms in total. The van der Waals surface area contributed by atoms with Crippen LogP contribution in [0.4, 0.5) is 29.1 Å². The average molecular weight is 715 g/mol. The van der Waals surface area contributed by atoms with Crippen molar-refractivity contribution in [2.24, 2.45) is 5.92 Å². The van der Waals surface area contributed by atoms with Crippen LogP contribution < -0.4 is 15.8 Å². The molecule has 3 aromatic carbocycles. The van der Waals surface area contributed by atoms with Crippen LogP contribution in [0.25, 0.3) is 10.8 Å². The van der Waals surface area contributed by atoms with Crippen LogP contribution in [0.5, 0.6) is 5.75 Å². The van der Waals surface area contributed by atoms with E-state index >= 15 is 0 Å². The predicted molar refractivity (Wildman–Crippen MR) is 172 cm³/mol.